The maximum atomic E-state index is 10.4. The third kappa shape index (κ3) is 6.10. The van der Waals surface area contributed by atoms with Gasteiger partial charge < -0.3 is 44.3 Å². The lowest BCUT2D eigenvalue weighted by molar-refractivity contribution is -0.338. The van der Waals surface area contributed by atoms with Crippen molar-refractivity contribution < 1.29 is 44.3 Å². The number of carboxylic acids is 4. The van der Waals surface area contributed by atoms with E-state index in [2.05, 4.69) is 4.74 Å². The fraction of sp³-hybridized carbons (Fsp3) is 0.500. The molecule has 0 aromatic heterocycles. The minimum absolute atomic E-state index is 1.18. The molecule has 0 spiro atoms. The highest BCUT2D eigenvalue weighted by atomic mass is 16.5. The Hall–Kier alpha value is -2.16. The second-order valence-electron chi connectivity index (χ2n) is 2.90. The zero-order valence-electron chi connectivity index (χ0n) is 8.24. The van der Waals surface area contributed by atoms with Crippen LogP contribution in [0.15, 0.2) is 0 Å². The maximum Gasteiger partial charge on any atom is 0.103 e. The Balaban J connectivity index is 4.67. The predicted molar refractivity (Wildman–Crippen MR) is 37.9 cm³/mol. The second-order valence-corrected chi connectivity index (χ2v) is 2.90. The van der Waals surface area contributed by atoms with Crippen LogP contribution in [0.5, 0.6) is 0 Å². The SMILES string of the molecule is O=C([O-])CC(OC(CC(=O)[O-])C(=O)[O-])C(=O)[O-]. The van der Waals surface area contributed by atoms with Crippen LogP contribution in [0.1, 0.15) is 12.8 Å². The molecule has 0 saturated carbocycles. The summed E-state index contributed by atoms with van der Waals surface area (Å²) in [5.74, 6) is -7.69. The highest BCUT2D eigenvalue weighted by Gasteiger charge is 2.19. The van der Waals surface area contributed by atoms with Crippen molar-refractivity contribution in [3.8, 4) is 0 Å². The smallest absolute Gasteiger partial charge is 0.103 e. The number of hydrogen-bond donors (Lipinski definition) is 0. The Morgan fingerprint density at radius 1 is 0.765 bits per heavy atom. The van der Waals surface area contributed by atoms with Gasteiger partial charge in [0.2, 0.25) is 0 Å². The first-order chi connectivity index (χ1) is 7.73. The average molecular weight is 246 g/mol. The van der Waals surface area contributed by atoms with Crippen LogP contribution >= 0.6 is 0 Å². The number of aliphatic carboxylic acids is 4. The Kier molecular flexibility index (Phi) is 5.61. The van der Waals surface area contributed by atoms with Crippen molar-refractivity contribution in [3.05, 3.63) is 0 Å². The number of rotatable bonds is 8. The monoisotopic (exact) mass is 246 g/mol. The van der Waals surface area contributed by atoms with Crippen LogP contribution in [0, 0.1) is 0 Å². The largest absolute Gasteiger partial charge is 0.550 e. The molecule has 2 atom stereocenters. The molecule has 0 aromatic carbocycles. The van der Waals surface area contributed by atoms with Crippen molar-refractivity contribution in [1.29, 1.82) is 0 Å². The van der Waals surface area contributed by atoms with Gasteiger partial charge in [-0.1, -0.05) is 0 Å². The van der Waals surface area contributed by atoms with E-state index in [-0.39, 0.29) is 0 Å². The van der Waals surface area contributed by atoms with Crippen molar-refractivity contribution in [3.63, 3.8) is 0 Å². The predicted octanol–water partition coefficient (Wildman–Crippen LogP) is -6.48. The average Bonchev–Trinajstić information content (AvgIpc) is 2.13. The first-order valence-corrected chi connectivity index (χ1v) is 4.21. The van der Waals surface area contributed by atoms with E-state index in [1.807, 2.05) is 0 Å². The molecule has 0 N–H and O–H groups in total. The molecule has 0 aliphatic carbocycles. The van der Waals surface area contributed by atoms with E-state index in [9.17, 15) is 39.6 Å². The summed E-state index contributed by atoms with van der Waals surface area (Å²) in [6.07, 6.45) is -6.66. The summed E-state index contributed by atoms with van der Waals surface area (Å²) in [7, 11) is 0. The molecule has 9 heteroatoms. The zero-order chi connectivity index (χ0) is 13.6. The van der Waals surface area contributed by atoms with Crippen molar-refractivity contribution in [1.82, 2.24) is 0 Å². The topological polar surface area (TPSA) is 170 Å². The van der Waals surface area contributed by atoms with E-state index in [0.29, 0.717) is 0 Å². The molecule has 0 fully saturated rings. The third-order valence-corrected chi connectivity index (χ3v) is 1.56. The zero-order valence-corrected chi connectivity index (χ0v) is 8.24. The minimum Gasteiger partial charge on any atom is -0.550 e. The molecule has 0 aliphatic rings. The molecule has 0 amide bonds. The second kappa shape index (κ2) is 6.43. The van der Waals surface area contributed by atoms with Gasteiger partial charge in [-0.05, 0) is 0 Å². The van der Waals surface area contributed by atoms with Gasteiger partial charge in [-0.15, -0.1) is 0 Å². The van der Waals surface area contributed by atoms with Crippen LogP contribution in [-0.2, 0) is 23.9 Å². The summed E-state index contributed by atoms with van der Waals surface area (Å²) < 4.78 is 4.23. The minimum atomic E-state index is -2.15. The summed E-state index contributed by atoms with van der Waals surface area (Å²) in [6, 6.07) is 0. The van der Waals surface area contributed by atoms with E-state index in [0.717, 1.165) is 0 Å². The van der Waals surface area contributed by atoms with Crippen LogP contribution < -0.4 is 20.4 Å². The lowest BCUT2D eigenvalue weighted by Crippen LogP contribution is -2.49. The van der Waals surface area contributed by atoms with Gasteiger partial charge in [0.15, 0.2) is 0 Å². The molecular weight excluding hydrogens is 240 g/mol. The maximum absolute atomic E-state index is 10.4. The molecule has 0 rings (SSSR count). The Labute approximate surface area is 94.2 Å². The normalized spacial score (nSPS) is 13.6. The van der Waals surface area contributed by atoms with Crippen LogP contribution in [-0.4, -0.2) is 36.1 Å². The van der Waals surface area contributed by atoms with Crippen LogP contribution in [0.25, 0.3) is 0 Å². The van der Waals surface area contributed by atoms with Gasteiger partial charge in [0, 0.05) is 24.8 Å². The highest BCUT2D eigenvalue weighted by Crippen LogP contribution is 2.05. The fourth-order valence-electron chi connectivity index (χ4n) is 0.875. The van der Waals surface area contributed by atoms with Gasteiger partial charge in [-0.2, -0.15) is 0 Å². The summed E-state index contributed by atoms with van der Waals surface area (Å²) in [5, 5.41) is 41.0. The Bertz CT molecular complexity index is 302. The number of carboxylic acid groups (broad SMARTS) is 4. The van der Waals surface area contributed by atoms with Crippen LogP contribution in [0.3, 0.4) is 0 Å². The van der Waals surface area contributed by atoms with Gasteiger partial charge in [0.1, 0.15) is 12.2 Å². The van der Waals surface area contributed by atoms with Gasteiger partial charge in [-0.25, -0.2) is 0 Å². The van der Waals surface area contributed by atoms with E-state index in [1.165, 1.54) is 0 Å². The van der Waals surface area contributed by atoms with E-state index in [1.54, 1.807) is 0 Å². The van der Waals surface area contributed by atoms with E-state index in [4.69, 9.17) is 0 Å². The molecule has 17 heavy (non-hydrogen) atoms. The van der Waals surface area contributed by atoms with Crippen molar-refractivity contribution in [2.24, 2.45) is 0 Å². The van der Waals surface area contributed by atoms with Gasteiger partial charge in [0.05, 0.1) is 11.9 Å². The molecule has 0 aliphatic heterocycles. The lowest BCUT2D eigenvalue weighted by Gasteiger charge is -2.26. The first kappa shape index (κ1) is 14.8. The summed E-state index contributed by atoms with van der Waals surface area (Å²) in [6.45, 7) is 0. The summed E-state index contributed by atoms with van der Waals surface area (Å²) in [4.78, 5) is 41.0. The van der Waals surface area contributed by atoms with E-state index < -0.39 is 48.9 Å². The quantitative estimate of drug-likeness (QED) is 0.403. The summed E-state index contributed by atoms with van der Waals surface area (Å²) in [5.41, 5.74) is 0. The molecular formula is C8H6O9-4. The number of carbonyl (C=O) groups is 4. The van der Waals surface area contributed by atoms with Crippen molar-refractivity contribution in [2.75, 3.05) is 0 Å². The molecule has 0 aromatic rings. The molecule has 9 nitrogen and oxygen atoms in total. The molecule has 2 unspecified atom stereocenters. The van der Waals surface area contributed by atoms with Gasteiger partial charge in [0.25, 0.3) is 0 Å². The highest BCUT2D eigenvalue weighted by molar-refractivity contribution is 5.80. The van der Waals surface area contributed by atoms with Crippen molar-refractivity contribution in [2.45, 2.75) is 25.0 Å². The fourth-order valence-corrected chi connectivity index (χ4v) is 0.875. The van der Waals surface area contributed by atoms with Crippen LogP contribution in [0.4, 0.5) is 0 Å². The molecule has 0 bridgehead atoms. The van der Waals surface area contributed by atoms with Crippen molar-refractivity contribution >= 4 is 23.9 Å². The lowest BCUT2D eigenvalue weighted by atomic mass is 10.2. The first-order valence-electron chi connectivity index (χ1n) is 4.21. The number of hydrogen-bond acceptors (Lipinski definition) is 9. The standard InChI is InChI=1S/C8H10O9/c9-5(10)1-3(7(13)14)17-4(8(15)16)2-6(11)12/h3-4H,1-2H2,(H,9,10)(H,11,12)(H,13,14)(H,15,16)/p-4. The van der Waals surface area contributed by atoms with Crippen LogP contribution in [0.2, 0.25) is 0 Å². The Morgan fingerprint density at radius 3 is 1.24 bits per heavy atom. The number of carbonyl (C=O) groups excluding carboxylic acids is 4. The third-order valence-electron chi connectivity index (χ3n) is 1.56. The molecule has 0 radical (unpaired) electrons. The molecule has 0 heterocycles. The van der Waals surface area contributed by atoms with Gasteiger partial charge >= 0.3 is 0 Å². The number of ether oxygens (including phenoxy) is 1. The molecule has 0 saturated heterocycles. The summed E-state index contributed by atoms with van der Waals surface area (Å²) >= 11 is 0. The van der Waals surface area contributed by atoms with E-state index >= 15 is 0 Å². The van der Waals surface area contributed by atoms with Gasteiger partial charge in [-0.3, -0.25) is 0 Å². The molecule has 96 valence electrons. The Morgan fingerprint density at radius 2 is 1.06 bits per heavy atom.